The molecule has 1 fully saturated rings. The number of pyridine rings is 1. The number of rotatable bonds is 1. The van der Waals surface area contributed by atoms with Gasteiger partial charge in [0.2, 0.25) is 0 Å². The van der Waals surface area contributed by atoms with Gasteiger partial charge in [0.25, 0.3) is 0 Å². The molecule has 1 nitrogen and oxygen atoms in total. The van der Waals surface area contributed by atoms with Crippen molar-refractivity contribution in [1.29, 1.82) is 0 Å². The van der Waals surface area contributed by atoms with Gasteiger partial charge in [0, 0.05) is 21.6 Å². The highest BCUT2D eigenvalue weighted by Crippen LogP contribution is 2.43. The smallest absolute Gasteiger partial charge is 0.0705 e. The summed E-state index contributed by atoms with van der Waals surface area (Å²) in [4.78, 5) is 4.60. The van der Waals surface area contributed by atoms with Gasteiger partial charge in [-0.25, -0.2) is 0 Å². The lowest BCUT2D eigenvalue weighted by atomic mass is 9.92. The fourth-order valence-corrected chi connectivity index (χ4v) is 5.00. The van der Waals surface area contributed by atoms with Gasteiger partial charge >= 0.3 is 0 Å². The third-order valence-corrected chi connectivity index (χ3v) is 5.92. The lowest BCUT2D eigenvalue weighted by Gasteiger charge is -2.33. The minimum atomic E-state index is 0.754. The normalized spacial score (nSPS) is 25.6. The molecule has 2 heteroatoms. The van der Waals surface area contributed by atoms with Crippen LogP contribution in [0.15, 0.2) is 36.4 Å². The Balaban J connectivity index is 1.75. The van der Waals surface area contributed by atoms with E-state index in [0.29, 0.717) is 0 Å². The van der Waals surface area contributed by atoms with Crippen molar-refractivity contribution in [2.75, 3.05) is 0 Å². The van der Waals surface area contributed by atoms with Crippen LogP contribution in [0.5, 0.6) is 0 Å². The molecule has 1 saturated heterocycles. The molecule has 1 aromatic carbocycles. The second-order valence-electron chi connectivity index (χ2n) is 5.98. The molecule has 2 aliphatic rings. The fourth-order valence-electron chi connectivity index (χ4n) is 3.38. The second kappa shape index (κ2) is 4.92. The average Bonchev–Trinajstić information content (AvgIpc) is 2.46. The second-order valence-corrected chi connectivity index (χ2v) is 7.53. The van der Waals surface area contributed by atoms with E-state index in [1.54, 1.807) is 5.57 Å². The van der Waals surface area contributed by atoms with Gasteiger partial charge in [-0.05, 0) is 55.5 Å². The van der Waals surface area contributed by atoms with Crippen LogP contribution >= 0.6 is 11.8 Å². The van der Waals surface area contributed by atoms with Crippen LogP contribution in [0, 0.1) is 6.92 Å². The van der Waals surface area contributed by atoms with Gasteiger partial charge in [-0.1, -0.05) is 24.6 Å². The number of fused-ring (bicyclic) bond motifs is 3. The van der Waals surface area contributed by atoms with Crippen molar-refractivity contribution in [2.45, 2.75) is 43.1 Å². The van der Waals surface area contributed by atoms with Crippen LogP contribution in [0.3, 0.4) is 0 Å². The largest absolute Gasteiger partial charge is 0.253 e. The molecule has 3 heterocycles. The standard InChI is InChI=1S/C18H19NS/c1-12-5-6-14-9-13(7-8-18(14)19-12)15-10-16-3-2-4-17(11-15)20-16/h5-10,16-17H,2-4,11H2,1H3. The Hall–Kier alpha value is -1.28. The molecule has 0 amide bonds. The summed E-state index contributed by atoms with van der Waals surface area (Å²) in [6, 6.07) is 11.0. The number of benzene rings is 1. The highest BCUT2D eigenvalue weighted by Gasteiger charge is 2.27. The zero-order chi connectivity index (χ0) is 13.5. The zero-order valence-corrected chi connectivity index (χ0v) is 12.6. The molecule has 4 rings (SSSR count). The molecular formula is C18H19NS. The van der Waals surface area contributed by atoms with E-state index in [-0.39, 0.29) is 0 Å². The summed E-state index contributed by atoms with van der Waals surface area (Å²) < 4.78 is 0. The van der Waals surface area contributed by atoms with E-state index in [1.165, 1.54) is 36.6 Å². The molecular weight excluding hydrogens is 262 g/mol. The van der Waals surface area contributed by atoms with Crippen molar-refractivity contribution >= 4 is 28.2 Å². The summed E-state index contributed by atoms with van der Waals surface area (Å²) in [5, 5.41) is 2.86. The Morgan fingerprint density at radius 3 is 3.00 bits per heavy atom. The van der Waals surface area contributed by atoms with Crippen LogP contribution in [0.4, 0.5) is 0 Å². The van der Waals surface area contributed by atoms with E-state index in [2.05, 4.69) is 60.1 Å². The van der Waals surface area contributed by atoms with Crippen molar-refractivity contribution in [1.82, 2.24) is 4.98 Å². The number of aromatic nitrogens is 1. The summed E-state index contributed by atoms with van der Waals surface area (Å²) >= 11 is 2.19. The van der Waals surface area contributed by atoms with Crippen LogP contribution in [-0.2, 0) is 0 Å². The van der Waals surface area contributed by atoms with Crippen LogP contribution < -0.4 is 0 Å². The number of nitrogens with zero attached hydrogens (tertiary/aromatic N) is 1. The van der Waals surface area contributed by atoms with Crippen LogP contribution in [0.1, 0.15) is 36.9 Å². The average molecular weight is 281 g/mol. The Morgan fingerprint density at radius 1 is 1.15 bits per heavy atom. The van der Waals surface area contributed by atoms with E-state index < -0.39 is 0 Å². The van der Waals surface area contributed by atoms with Gasteiger partial charge in [0.1, 0.15) is 0 Å². The Morgan fingerprint density at radius 2 is 2.10 bits per heavy atom. The highest BCUT2D eigenvalue weighted by atomic mass is 32.2. The highest BCUT2D eigenvalue weighted by molar-refractivity contribution is 8.00. The predicted octanol–water partition coefficient (Wildman–Crippen LogP) is 4.98. The van der Waals surface area contributed by atoms with Gasteiger partial charge in [-0.3, -0.25) is 4.98 Å². The summed E-state index contributed by atoms with van der Waals surface area (Å²) in [6.07, 6.45) is 7.92. The maximum Gasteiger partial charge on any atom is 0.0705 e. The molecule has 1 aromatic heterocycles. The molecule has 0 aliphatic carbocycles. The first-order chi connectivity index (χ1) is 9.78. The van der Waals surface area contributed by atoms with Crippen molar-refractivity contribution in [2.24, 2.45) is 0 Å². The molecule has 2 bridgehead atoms. The van der Waals surface area contributed by atoms with E-state index in [0.717, 1.165) is 21.7 Å². The van der Waals surface area contributed by atoms with Gasteiger partial charge in [-0.2, -0.15) is 11.8 Å². The Kier molecular flexibility index (Phi) is 3.07. The maximum absolute atomic E-state index is 4.60. The molecule has 0 radical (unpaired) electrons. The predicted molar refractivity (Wildman–Crippen MR) is 88.1 cm³/mol. The van der Waals surface area contributed by atoms with E-state index in [4.69, 9.17) is 0 Å². The van der Waals surface area contributed by atoms with Crippen LogP contribution in [-0.4, -0.2) is 15.5 Å². The number of hydrogen-bond donors (Lipinski definition) is 0. The Bertz CT molecular complexity index is 689. The van der Waals surface area contributed by atoms with Gasteiger partial charge < -0.3 is 0 Å². The number of thioether (sulfide) groups is 1. The Labute approximate surface area is 124 Å². The number of hydrogen-bond acceptors (Lipinski definition) is 2. The monoisotopic (exact) mass is 281 g/mol. The third kappa shape index (κ3) is 2.26. The first kappa shape index (κ1) is 12.5. The molecule has 0 N–H and O–H groups in total. The summed E-state index contributed by atoms with van der Waals surface area (Å²) in [5.41, 5.74) is 5.16. The van der Waals surface area contributed by atoms with Crippen molar-refractivity contribution in [3.05, 3.63) is 47.7 Å². The van der Waals surface area contributed by atoms with Crippen molar-refractivity contribution < 1.29 is 0 Å². The molecule has 0 saturated carbocycles. The maximum atomic E-state index is 4.60. The zero-order valence-electron chi connectivity index (χ0n) is 11.8. The lowest BCUT2D eigenvalue weighted by molar-refractivity contribution is 0.630. The molecule has 2 unspecified atom stereocenters. The van der Waals surface area contributed by atoms with Crippen molar-refractivity contribution in [3.63, 3.8) is 0 Å². The van der Waals surface area contributed by atoms with Gasteiger partial charge in [0.05, 0.1) is 5.52 Å². The quantitative estimate of drug-likeness (QED) is 0.730. The minimum Gasteiger partial charge on any atom is -0.253 e. The molecule has 2 aliphatic heterocycles. The number of allylic oxidation sites excluding steroid dienone is 1. The van der Waals surface area contributed by atoms with Crippen LogP contribution in [0.2, 0.25) is 0 Å². The van der Waals surface area contributed by atoms with Gasteiger partial charge in [0.15, 0.2) is 0 Å². The number of aryl methyl sites for hydroxylation is 1. The lowest BCUT2D eigenvalue weighted by Crippen LogP contribution is -2.21. The van der Waals surface area contributed by atoms with Gasteiger partial charge in [-0.15, -0.1) is 0 Å². The van der Waals surface area contributed by atoms with E-state index in [1.807, 2.05) is 0 Å². The fraction of sp³-hybridized carbons (Fsp3) is 0.389. The topological polar surface area (TPSA) is 12.9 Å². The summed E-state index contributed by atoms with van der Waals surface area (Å²) in [6.45, 7) is 2.05. The SMILES string of the molecule is Cc1ccc2cc(C3=CC4CCCC(C3)S4)ccc2n1. The molecule has 2 aromatic rings. The van der Waals surface area contributed by atoms with Crippen molar-refractivity contribution in [3.8, 4) is 0 Å². The minimum absolute atomic E-state index is 0.754. The van der Waals surface area contributed by atoms with E-state index in [9.17, 15) is 0 Å². The molecule has 20 heavy (non-hydrogen) atoms. The molecule has 0 spiro atoms. The first-order valence-electron chi connectivity index (χ1n) is 7.52. The molecule has 2 atom stereocenters. The third-order valence-electron chi connectivity index (χ3n) is 4.42. The van der Waals surface area contributed by atoms with E-state index >= 15 is 0 Å². The summed E-state index contributed by atoms with van der Waals surface area (Å²) in [7, 11) is 0. The molecule has 102 valence electrons. The first-order valence-corrected chi connectivity index (χ1v) is 8.46. The summed E-state index contributed by atoms with van der Waals surface area (Å²) in [5.74, 6) is 0. The van der Waals surface area contributed by atoms with Crippen LogP contribution in [0.25, 0.3) is 16.5 Å².